The molecule has 0 bridgehead atoms. The van der Waals surface area contributed by atoms with Crippen molar-refractivity contribution in [3.05, 3.63) is 30.1 Å². The first-order chi connectivity index (χ1) is 11.3. The van der Waals surface area contributed by atoms with Crippen molar-refractivity contribution in [2.24, 2.45) is 0 Å². The Morgan fingerprint density at radius 3 is 2.17 bits per heavy atom. The number of hydrogen-bond donors (Lipinski definition) is 0. The van der Waals surface area contributed by atoms with E-state index in [2.05, 4.69) is 0 Å². The van der Waals surface area contributed by atoms with Gasteiger partial charge >= 0.3 is 0 Å². The Balaban J connectivity index is 1.60. The minimum absolute atomic E-state index is 0.00519. The summed E-state index contributed by atoms with van der Waals surface area (Å²) in [5.74, 6) is -1.75. The molecule has 2 saturated heterocycles. The summed E-state index contributed by atoms with van der Waals surface area (Å²) in [6.45, 7) is -0.357. The van der Waals surface area contributed by atoms with Crippen LogP contribution in [-0.4, -0.2) is 60.8 Å². The van der Waals surface area contributed by atoms with Crippen LogP contribution < -0.4 is 0 Å². The van der Waals surface area contributed by atoms with Gasteiger partial charge in [0.2, 0.25) is 17.7 Å². The molecule has 0 atom stereocenters. The second kappa shape index (κ2) is 5.97. The molecular formula is C15H15FN2O5S. The van der Waals surface area contributed by atoms with Gasteiger partial charge in [-0.05, 0) is 24.3 Å². The van der Waals surface area contributed by atoms with Gasteiger partial charge in [-0.15, -0.1) is 0 Å². The van der Waals surface area contributed by atoms with Crippen LogP contribution >= 0.6 is 0 Å². The third-order valence-corrected chi connectivity index (χ3v) is 6.34. The molecule has 9 heteroatoms. The van der Waals surface area contributed by atoms with Gasteiger partial charge in [0.05, 0.1) is 4.90 Å². The van der Waals surface area contributed by atoms with E-state index in [1.165, 1.54) is 17.0 Å². The summed E-state index contributed by atoms with van der Waals surface area (Å²) >= 11 is 0. The summed E-state index contributed by atoms with van der Waals surface area (Å²) in [6, 6.07) is 4.52. The molecule has 2 aliphatic rings. The van der Waals surface area contributed by atoms with Crippen LogP contribution in [0.15, 0.2) is 29.2 Å². The maximum absolute atomic E-state index is 12.9. The van der Waals surface area contributed by atoms with Crippen LogP contribution in [0.25, 0.3) is 0 Å². The molecule has 3 rings (SSSR count). The van der Waals surface area contributed by atoms with E-state index >= 15 is 0 Å². The highest BCUT2D eigenvalue weighted by Crippen LogP contribution is 2.24. The predicted molar refractivity (Wildman–Crippen MR) is 79.9 cm³/mol. The molecule has 0 spiro atoms. The van der Waals surface area contributed by atoms with E-state index in [-0.39, 0.29) is 49.2 Å². The van der Waals surface area contributed by atoms with Crippen molar-refractivity contribution in [2.45, 2.75) is 23.0 Å². The molecule has 7 nitrogen and oxygen atoms in total. The van der Waals surface area contributed by atoms with Crippen molar-refractivity contribution in [1.29, 1.82) is 0 Å². The first-order valence-corrected chi connectivity index (χ1v) is 8.94. The van der Waals surface area contributed by atoms with E-state index in [1.807, 2.05) is 0 Å². The summed E-state index contributed by atoms with van der Waals surface area (Å²) in [5, 5.41) is -0.767. The molecule has 0 unspecified atom stereocenters. The molecule has 0 radical (unpaired) electrons. The second-order valence-corrected chi connectivity index (χ2v) is 8.02. The molecule has 0 saturated carbocycles. The Bertz CT molecular complexity index is 784. The minimum atomic E-state index is -3.64. The number of halogens is 1. The molecule has 0 aromatic heterocycles. The van der Waals surface area contributed by atoms with Crippen LogP contribution in [0.5, 0.6) is 0 Å². The van der Waals surface area contributed by atoms with Gasteiger partial charge in [-0.1, -0.05) is 0 Å². The third-order valence-electron chi connectivity index (χ3n) is 4.23. The number of imide groups is 1. The number of nitrogens with zero attached hydrogens (tertiary/aromatic N) is 2. The van der Waals surface area contributed by atoms with Crippen LogP contribution in [-0.2, 0) is 24.2 Å². The van der Waals surface area contributed by atoms with Gasteiger partial charge in [0.15, 0.2) is 9.84 Å². The summed E-state index contributed by atoms with van der Waals surface area (Å²) in [5.41, 5.74) is 0. The Morgan fingerprint density at radius 2 is 1.62 bits per heavy atom. The molecule has 0 aliphatic carbocycles. The monoisotopic (exact) mass is 354 g/mol. The number of benzene rings is 1. The molecule has 2 heterocycles. The Labute approximate surface area is 137 Å². The average Bonchev–Trinajstić information content (AvgIpc) is 2.78. The molecule has 1 aromatic rings. The fraction of sp³-hybridized carbons (Fsp3) is 0.400. The largest absolute Gasteiger partial charge is 0.338 e. The highest BCUT2D eigenvalue weighted by molar-refractivity contribution is 7.92. The highest BCUT2D eigenvalue weighted by atomic mass is 32.2. The van der Waals surface area contributed by atoms with Gasteiger partial charge in [-0.25, -0.2) is 12.8 Å². The van der Waals surface area contributed by atoms with Crippen molar-refractivity contribution in [3.8, 4) is 0 Å². The highest BCUT2D eigenvalue weighted by Gasteiger charge is 2.42. The molecule has 2 fully saturated rings. The summed E-state index contributed by atoms with van der Waals surface area (Å²) < 4.78 is 37.6. The van der Waals surface area contributed by atoms with Gasteiger partial charge < -0.3 is 4.90 Å². The van der Waals surface area contributed by atoms with Gasteiger partial charge in [0.25, 0.3) is 0 Å². The number of carbonyl (C=O) groups excluding carboxylic acids is 3. The van der Waals surface area contributed by atoms with Crippen molar-refractivity contribution in [1.82, 2.24) is 9.80 Å². The van der Waals surface area contributed by atoms with E-state index < -0.39 is 26.8 Å². The van der Waals surface area contributed by atoms with E-state index in [9.17, 15) is 27.2 Å². The Kier molecular flexibility index (Phi) is 4.12. The number of amides is 3. The van der Waals surface area contributed by atoms with Crippen molar-refractivity contribution in [3.63, 3.8) is 0 Å². The number of carbonyl (C=O) groups is 3. The quantitative estimate of drug-likeness (QED) is 0.559. The zero-order valence-electron chi connectivity index (χ0n) is 12.6. The Morgan fingerprint density at radius 1 is 1.08 bits per heavy atom. The SMILES string of the molecule is O=C(CN1C(=O)CCC1=O)N1CC(S(=O)(=O)c2ccc(F)cc2)C1. The van der Waals surface area contributed by atoms with Crippen LogP contribution in [0.1, 0.15) is 12.8 Å². The summed E-state index contributed by atoms with van der Waals surface area (Å²) in [6.07, 6.45) is 0.210. The lowest BCUT2D eigenvalue weighted by Gasteiger charge is -2.39. The third kappa shape index (κ3) is 2.91. The van der Waals surface area contributed by atoms with Crippen LogP contribution in [0, 0.1) is 5.82 Å². The minimum Gasteiger partial charge on any atom is -0.338 e. The average molecular weight is 354 g/mol. The number of hydrogen-bond acceptors (Lipinski definition) is 5. The number of rotatable bonds is 4. The molecule has 24 heavy (non-hydrogen) atoms. The lowest BCUT2D eigenvalue weighted by Crippen LogP contribution is -2.59. The van der Waals surface area contributed by atoms with E-state index in [4.69, 9.17) is 0 Å². The molecular weight excluding hydrogens is 339 g/mol. The van der Waals surface area contributed by atoms with Crippen molar-refractivity contribution >= 4 is 27.6 Å². The standard InChI is InChI=1S/C15H15FN2O5S/c16-10-1-3-11(4-2-10)24(22,23)12-7-17(8-12)15(21)9-18-13(19)5-6-14(18)20/h1-4,12H,5-9H2. The topological polar surface area (TPSA) is 91.8 Å². The number of sulfone groups is 1. The van der Waals surface area contributed by atoms with Gasteiger partial charge in [0, 0.05) is 25.9 Å². The maximum Gasteiger partial charge on any atom is 0.242 e. The molecule has 1 aromatic carbocycles. The molecule has 128 valence electrons. The van der Waals surface area contributed by atoms with Gasteiger partial charge in [-0.3, -0.25) is 19.3 Å². The molecule has 0 N–H and O–H groups in total. The maximum atomic E-state index is 12.9. The predicted octanol–water partition coefficient (Wildman–Crippen LogP) is -0.0408. The fourth-order valence-corrected chi connectivity index (χ4v) is 4.34. The zero-order valence-corrected chi connectivity index (χ0v) is 13.5. The smallest absolute Gasteiger partial charge is 0.242 e. The van der Waals surface area contributed by atoms with Crippen LogP contribution in [0.2, 0.25) is 0 Å². The normalized spacial score (nSPS) is 18.9. The number of likely N-dealkylation sites (tertiary alicyclic amines) is 2. The second-order valence-electron chi connectivity index (χ2n) is 5.79. The van der Waals surface area contributed by atoms with E-state index in [0.29, 0.717) is 0 Å². The summed E-state index contributed by atoms with van der Waals surface area (Å²) in [7, 11) is -3.64. The summed E-state index contributed by atoms with van der Waals surface area (Å²) in [4.78, 5) is 37.3. The van der Waals surface area contributed by atoms with E-state index in [0.717, 1.165) is 17.0 Å². The van der Waals surface area contributed by atoms with Crippen molar-refractivity contribution in [2.75, 3.05) is 19.6 Å². The van der Waals surface area contributed by atoms with Crippen molar-refractivity contribution < 1.29 is 27.2 Å². The molecule has 2 aliphatic heterocycles. The van der Waals surface area contributed by atoms with Gasteiger partial charge in [0.1, 0.15) is 17.6 Å². The lowest BCUT2D eigenvalue weighted by molar-refractivity contribution is -0.146. The fourth-order valence-electron chi connectivity index (χ4n) is 2.69. The van der Waals surface area contributed by atoms with Gasteiger partial charge in [-0.2, -0.15) is 0 Å². The Hall–Kier alpha value is -2.29. The zero-order chi connectivity index (χ0) is 17.5. The molecule has 3 amide bonds. The van der Waals surface area contributed by atoms with Crippen LogP contribution in [0.4, 0.5) is 4.39 Å². The van der Waals surface area contributed by atoms with Crippen LogP contribution in [0.3, 0.4) is 0 Å². The van der Waals surface area contributed by atoms with E-state index in [1.54, 1.807) is 0 Å². The first-order valence-electron chi connectivity index (χ1n) is 7.39. The lowest BCUT2D eigenvalue weighted by atomic mass is 10.2. The first kappa shape index (κ1) is 16.6.